The highest BCUT2D eigenvalue weighted by molar-refractivity contribution is 5.73. The first-order chi connectivity index (χ1) is 34.4. The molecule has 1 unspecified atom stereocenters. The van der Waals surface area contributed by atoms with E-state index in [0.29, 0.717) is 0 Å². The lowest BCUT2D eigenvalue weighted by Crippen LogP contribution is -2.70. The summed E-state index contributed by atoms with van der Waals surface area (Å²) in [4.78, 5) is 12.0. The minimum Gasteiger partial charge on any atom is -0.394 e. The predicted octanol–water partition coefficient (Wildman–Crippen LogP) is -14.2. The molecule has 6 rings (SSSR count). The number of ether oxygens (including phenoxy) is 11. The van der Waals surface area contributed by atoms with E-state index in [2.05, 4.69) is 5.32 Å². The Morgan fingerprint density at radius 1 is 0.452 bits per heavy atom. The number of amides is 1. The van der Waals surface area contributed by atoms with Crippen molar-refractivity contribution >= 4 is 5.91 Å². The Bertz CT molecular complexity index is 1710. The van der Waals surface area contributed by atoms with E-state index in [9.17, 15) is 107 Å². The van der Waals surface area contributed by atoms with Gasteiger partial charge in [-0.2, -0.15) is 0 Å². The Hall–Kier alpha value is -1.77. The quantitative estimate of drug-likeness (QED) is 0.0606. The van der Waals surface area contributed by atoms with Crippen LogP contribution in [0.5, 0.6) is 0 Å². The number of hydrogen-bond acceptors (Lipinski definition) is 32. The molecular weight excluding hydrogens is 1010 g/mol. The molecule has 6 aliphatic heterocycles. The minimum atomic E-state index is -2.51. The van der Waals surface area contributed by atoms with Crippen molar-refractivity contribution in [3.8, 4) is 0 Å². The Labute approximate surface area is 413 Å². The molecule has 0 aromatic heterocycles. The van der Waals surface area contributed by atoms with Crippen LogP contribution in [-0.4, -0.2) is 337 Å². The molecule has 33 nitrogen and oxygen atoms in total. The molecule has 426 valence electrons. The molecule has 0 spiro atoms. The van der Waals surface area contributed by atoms with Gasteiger partial charge in [0.15, 0.2) is 37.7 Å². The van der Waals surface area contributed by atoms with Gasteiger partial charge in [-0.05, 0) is 6.92 Å². The van der Waals surface area contributed by atoms with E-state index in [0.717, 1.165) is 6.92 Å². The lowest BCUT2D eigenvalue weighted by atomic mass is 9.92. The van der Waals surface area contributed by atoms with Crippen molar-refractivity contribution in [1.29, 1.82) is 0 Å². The molecule has 33 heteroatoms. The van der Waals surface area contributed by atoms with Crippen molar-refractivity contribution in [1.82, 2.24) is 5.32 Å². The molecule has 6 fully saturated rings. The second kappa shape index (κ2) is 25.8. The molecule has 1 amide bonds. The second-order valence-electron chi connectivity index (χ2n) is 18.5. The summed E-state index contributed by atoms with van der Waals surface area (Å²) in [5.41, 5.74) is 0. The lowest BCUT2D eigenvalue weighted by molar-refractivity contribution is -0.414. The predicted molar refractivity (Wildman–Crippen MR) is 221 cm³/mol. The van der Waals surface area contributed by atoms with E-state index in [-0.39, 0.29) is 0 Å². The van der Waals surface area contributed by atoms with Crippen LogP contribution < -0.4 is 5.32 Å². The molecule has 0 saturated carbocycles. The van der Waals surface area contributed by atoms with E-state index in [1.165, 1.54) is 6.92 Å². The zero-order valence-electron chi connectivity index (χ0n) is 38.9. The standard InChI is InChI=1S/C40H69NO32/c1-8-16(49)15(41-9(2)47)20(53)36(63-8)70-31-19(52)13(6-45)66-39(27(31)60)71-32-28(61)40(72-33-24(57)23(56)29(10(48)3-42)68-35(33)62)69-30(34(32)73-38-26(59)22(55)18(51)12(5-44)65-38)14(7-46)67-37-25(58)21(54)17(50)11(4-43)64-37/h8,10-40,42-46,48-62H,3-7H2,1-2H3,(H,41,47)/t8-,10-,11+,12+,13+,14-,15+,16-,17+,18+,19-,20-,21-,22-,23-,24-,25+,26+,27+,28-,29+,30+,31-,32+,33-,34+,35?,36+,37+,38+,39+,40+/m0/s1. The Morgan fingerprint density at radius 3 is 1.47 bits per heavy atom. The molecule has 0 bridgehead atoms. The first-order valence-corrected chi connectivity index (χ1v) is 23.2. The van der Waals surface area contributed by atoms with Crippen LogP contribution in [0.15, 0.2) is 0 Å². The summed E-state index contributed by atoms with van der Waals surface area (Å²) in [6.07, 6.45) is -63.9. The summed E-state index contributed by atoms with van der Waals surface area (Å²) in [5, 5.41) is 218. The summed E-state index contributed by atoms with van der Waals surface area (Å²) in [7, 11) is 0. The van der Waals surface area contributed by atoms with Gasteiger partial charge in [0.1, 0.15) is 146 Å². The number of nitrogens with one attached hydrogen (secondary N) is 1. The molecule has 0 radical (unpaired) electrons. The number of carbonyl (C=O) groups is 1. The Balaban J connectivity index is 1.42. The van der Waals surface area contributed by atoms with E-state index in [1.54, 1.807) is 0 Å². The van der Waals surface area contributed by atoms with Crippen molar-refractivity contribution < 1.29 is 159 Å². The third kappa shape index (κ3) is 12.7. The average molecular weight is 1080 g/mol. The molecule has 0 aliphatic carbocycles. The van der Waals surface area contributed by atoms with Crippen molar-refractivity contribution in [2.75, 3.05) is 33.0 Å². The molecule has 21 N–H and O–H groups in total. The van der Waals surface area contributed by atoms with Crippen molar-refractivity contribution in [3.63, 3.8) is 0 Å². The molecule has 0 aromatic rings. The highest BCUT2D eigenvalue weighted by Gasteiger charge is 2.60. The highest BCUT2D eigenvalue weighted by Crippen LogP contribution is 2.39. The van der Waals surface area contributed by atoms with E-state index < -0.39 is 235 Å². The van der Waals surface area contributed by atoms with Crippen molar-refractivity contribution in [2.45, 2.75) is 210 Å². The van der Waals surface area contributed by atoms with Gasteiger partial charge in [0.05, 0.1) is 45.2 Å². The lowest BCUT2D eigenvalue weighted by Gasteiger charge is -2.52. The third-order valence-electron chi connectivity index (χ3n) is 13.5. The normalized spacial score (nSPS) is 50.8. The number of carbonyl (C=O) groups excluding carboxylic acids is 1. The van der Waals surface area contributed by atoms with Gasteiger partial charge in [0, 0.05) is 6.92 Å². The van der Waals surface area contributed by atoms with Crippen LogP contribution in [-0.2, 0) is 56.9 Å². The maximum Gasteiger partial charge on any atom is 0.217 e. The minimum absolute atomic E-state index is 0.699. The summed E-state index contributed by atoms with van der Waals surface area (Å²) in [6.45, 7) is -3.02. The van der Waals surface area contributed by atoms with Crippen LogP contribution in [0, 0.1) is 0 Å². The summed E-state index contributed by atoms with van der Waals surface area (Å²) in [6, 6.07) is -1.45. The van der Waals surface area contributed by atoms with Gasteiger partial charge in [-0.1, -0.05) is 0 Å². The fraction of sp³-hybridized carbons (Fsp3) is 0.975. The van der Waals surface area contributed by atoms with E-state index in [1.807, 2.05) is 0 Å². The largest absolute Gasteiger partial charge is 0.394 e. The van der Waals surface area contributed by atoms with Crippen LogP contribution in [0.1, 0.15) is 13.8 Å². The fourth-order valence-electron chi connectivity index (χ4n) is 9.28. The number of aliphatic hydroxyl groups is 20. The van der Waals surface area contributed by atoms with E-state index >= 15 is 0 Å². The highest BCUT2D eigenvalue weighted by atomic mass is 16.8. The van der Waals surface area contributed by atoms with Crippen molar-refractivity contribution in [2.24, 2.45) is 0 Å². The number of rotatable bonds is 18. The number of hydrogen-bond donors (Lipinski definition) is 21. The first kappa shape index (κ1) is 60.5. The fourth-order valence-corrected chi connectivity index (χ4v) is 9.28. The van der Waals surface area contributed by atoms with Crippen LogP contribution in [0.4, 0.5) is 0 Å². The molecule has 6 aliphatic rings. The first-order valence-electron chi connectivity index (χ1n) is 23.2. The molecule has 0 aromatic carbocycles. The summed E-state index contributed by atoms with van der Waals surface area (Å²) >= 11 is 0. The maximum absolute atomic E-state index is 12.2. The molecular formula is C40H69NO32. The zero-order chi connectivity index (χ0) is 54.1. The van der Waals surface area contributed by atoms with Gasteiger partial charge >= 0.3 is 0 Å². The van der Waals surface area contributed by atoms with Crippen LogP contribution in [0.3, 0.4) is 0 Å². The molecule has 6 saturated heterocycles. The summed E-state index contributed by atoms with van der Waals surface area (Å²) < 4.78 is 63.2. The van der Waals surface area contributed by atoms with Gasteiger partial charge in [0.2, 0.25) is 5.91 Å². The van der Waals surface area contributed by atoms with Gasteiger partial charge in [0.25, 0.3) is 0 Å². The third-order valence-corrected chi connectivity index (χ3v) is 13.5. The Kier molecular flexibility index (Phi) is 21.4. The van der Waals surface area contributed by atoms with Gasteiger partial charge < -0.3 is 160 Å². The number of aliphatic hydroxyl groups excluding tert-OH is 20. The smallest absolute Gasteiger partial charge is 0.217 e. The van der Waals surface area contributed by atoms with E-state index in [4.69, 9.17) is 52.1 Å². The van der Waals surface area contributed by atoms with Crippen molar-refractivity contribution in [3.05, 3.63) is 0 Å². The van der Waals surface area contributed by atoms with Gasteiger partial charge in [-0.15, -0.1) is 0 Å². The maximum atomic E-state index is 12.2. The zero-order valence-corrected chi connectivity index (χ0v) is 38.9. The van der Waals surface area contributed by atoms with Crippen LogP contribution >= 0.6 is 0 Å². The molecule has 73 heavy (non-hydrogen) atoms. The second-order valence-corrected chi connectivity index (χ2v) is 18.5. The summed E-state index contributed by atoms with van der Waals surface area (Å²) in [5.74, 6) is -0.699. The van der Waals surface area contributed by atoms with Crippen LogP contribution in [0.25, 0.3) is 0 Å². The monoisotopic (exact) mass is 1080 g/mol. The van der Waals surface area contributed by atoms with Gasteiger partial charge in [-0.3, -0.25) is 4.79 Å². The SMILES string of the molecule is CC(=O)N[C@H]1[C@H](O)[C@@H](O[C@H]2[C@@H](O)[C@@H](CO)O[C@H](O[C@@H]3[C@H](O)[C@@H](O[C@@H]4C(O)O[C@H]([C@@H](O)CO)[C@@H](O)[C@@H]4O)O[C@H]([C@H](CO)O[C@H]4O[C@H](CO)[C@@H](O)[C@H](O)[C@H]4O)[C@H]3O[C@H]3O[C@H](CO)[C@@H](O)[C@H](O)[C@H]3O)[C@@H]2O)O[C@@H](C)[C@@H]1O. The Morgan fingerprint density at radius 2 is 0.918 bits per heavy atom. The topological polar surface area (TPSA) is 535 Å². The average Bonchev–Trinajstić information content (AvgIpc) is 3.36. The molecule has 6 heterocycles. The van der Waals surface area contributed by atoms with Gasteiger partial charge in [-0.25, -0.2) is 0 Å². The molecule has 32 atom stereocenters. The van der Waals surface area contributed by atoms with Crippen LogP contribution in [0.2, 0.25) is 0 Å².